The van der Waals surface area contributed by atoms with Gasteiger partial charge in [0.2, 0.25) is 0 Å². The number of rotatable bonds is 5. The fourth-order valence-electron chi connectivity index (χ4n) is 1.80. The molecule has 0 aliphatic heterocycles. The number of hydrogen-bond acceptors (Lipinski definition) is 4. The lowest BCUT2D eigenvalue weighted by Crippen LogP contribution is -2.29. The van der Waals surface area contributed by atoms with Crippen LogP contribution in [0.2, 0.25) is 0 Å². The van der Waals surface area contributed by atoms with Crippen molar-refractivity contribution in [1.29, 1.82) is 0 Å². The number of anilines is 1. The van der Waals surface area contributed by atoms with E-state index in [1.807, 2.05) is 0 Å². The highest BCUT2D eigenvalue weighted by Gasteiger charge is 2.30. The maximum absolute atomic E-state index is 11.8. The summed E-state index contributed by atoms with van der Waals surface area (Å²) in [4.78, 5) is 0. The van der Waals surface area contributed by atoms with E-state index in [1.165, 1.54) is 0 Å². The summed E-state index contributed by atoms with van der Waals surface area (Å²) in [6.07, 6.45) is -0.604. The fraction of sp³-hybridized carbons (Fsp3) is 0.500. The Morgan fingerprint density at radius 1 is 1.24 bits per heavy atom. The average Bonchev–Trinajstić information content (AvgIpc) is 2.30. The first-order chi connectivity index (χ1) is 7.92. The van der Waals surface area contributed by atoms with E-state index in [2.05, 4.69) is 0 Å². The molecule has 0 unspecified atom stereocenters. The lowest BCUT2D eigenvalue weighted by molar-refractivity contribution is 0.169. The average molecular weight is 257 g/mol. The third kappa shape index (κ3) is 3.20. The Morgan fingerprint density at radius 3 is 2.18 bits per heavy atom. The summed E-state index contributed by atoms with van der Waals surface area (Å²) in [7, 11) is -3.25. The SMILES string of the molecule is CC[C@H]([C@H](O)c1ccc(N)cc1)S(=O)(=O)CC. The van der Waals surface area contributed by atoms with Crippen LogP contribution in [-0.2, 0) is 9.84 Å². The van der Waals surface area contributed by atoms with Crippen LogP contribution in [0.1, 0.15) is 31.9 Å². The second kappa shape index (κ2) is 5.51. The van der Waals surface area contributed by atoms with Gasteiger partial charge in [-0.3, -0.25) is 0 Å². The number of sulfone groups is 1. The molecule has 0 bridgehead atoms. The van der Waals surface area contributed by atoms with Crippen LogP contribution in [0.3, 0.4) is 0 Å². The Bertz CT molecular complexity index is 453. The molecule has 96 valence electrons. The minimum absolute atomic E-state index is 0.0392. The summed E-state index contributed by atoms with van der Waals surface area (Å²) in [5.74, 6) is 0.0392. The molecule has 4 nitrogen and oxygen atoms in total. The Labute approximate surface area is 102 Å². The van der Waals surface area contributed by atoms with Gasteiger partial charge in [0.1, 0.15) is 0 Å². The smallest absolute Gasteiger partial charge is 0.155 e. The van der Waals surface area contributed by atoms with Crippen molar-refractivity contribution in [2.45, 2.75) is 31.6 Å². The second-order valence-electron chi connectivity index (χ2n) is 4.01. The number of aliphatic hydroxyl groups is 1. The Kier molecular flexibility index (Phi) is 4.54. The van der Waals surface area contributed by atoms with Crippen LogP contribution in [0, 0.1) is 0 Å². The Balaban J connectivity index is 3.02. The molecule has 0 saturated heterocycles. The highest BCUT2D eigenvalue weighted by Crippen LogP contribution is 2.25. The predicted octanol–water partition coefficient (Wildman–Crippen LogP) is 1.52. The molecule has 3 N–H and O–H groups in total. The first-order valence-corrected chi connectivity index (χ1v) is 7.39. The van der Waals surface area contributed by atoms with Crippen LogP contribution in [0.25, 0.3) is 0 Å². The molecule has 0 heterocycles. The van der Waals surface area contributed by atoms with Gasteiger partial charge in [0.15, 0.2) is 9.84 Å². The molecule has 17 heavy (non-hydrogen) atoms. The maximum Gasteiger partial charge on any atom is 0.155 e. The van der Waals surface area contributed by atoms with Crippen molar-refractivity contribution in [2.75, 3.05) is 11.5 Å². The van der Waals surface area contributed by atoms with Gasteiger partial charge in [0.25, 0.3) is 0 Å². The van der Waals surface area contributed by atoms with Crippen LogP contribution in [0.5, 0.6) is 0 Å². The van der Waals surface area contributed by atoms with E-state index in [1.54, 1.807) is 38.1 Å². The van der Waals surface area contributed by atoms with Gasteiger partial charge >= 0.3 is 0 Å². The van der Waals surface area contributed by atoms with Crippen molar-refractivity contribution >= 4 is 15.5 Å². The van der Waals surface area contributed by atoms with Gasteiger partial charge in [-0.05, 0) is 24.1 Å². The standard InChI is InChI=1S/C12H19NO3S/c1-3-11(17(15,16)4-2)12(14)9-5-7-10(13)8-6-9/h5-8,11-12,14H,3-4,13H2,1-2H3/t11-,12-/m1/s1. The lowest BCUT2D eigenvalue weighted by Gasteiger charge is -2.21. The lowest BCUT2D eigenvalue weighted by atomic mass is 10.0. The number of benzene rings is 1. The topological polar surface area (TPSA) is 80.4 Å². The molecule has 0 radical (unpaired) electrons. The van der Waals surface area contributed by atoms with Gasteiger partial charge < -0.3 is 10.8 Å². The van der Waals surface area contributed by atoms with Crippen LogP contribution < -0.4 is 5.73 Å². The van der Waals surface area contributed by atoms with Crippen molar-refractivity contribution < 1.29 is 13.5 Å². The summed E-state index contributed by atoms with van der Waals surface area (Å²) >= 11 is 0. The Hall–Kier alpha value is -1.07. The molecule has 0 spiro atoms. The second-order valence-corrected chi connectivity index (χ2v) is 6.52. The van der Waals surface area contributed by atoms with Crippen molar-refractivity contribution in [3.05, 3.63) is 29.8 Å². The van der Waals surface area contributed by atoms with Gasteiger partial charge in [-0.15, -0.1) is 0 Å². The summed E-state index contributed by atoms with van der Waals surface area (Å²) < 4.78 is 23.7. The molecule has 0 fully saturated rings. The molecular formula is C12H19NO3S. The van der Waals surface area contributed by atoms with E-state index >= 15 is 0 Å². The molecule has 1 aromatic rings. The monoisotopic (exact) mass is 257 g/mol. The summed E-state index contributed by atoms with van der Waals surface area (Å²) in [6, 6.07) is 6.63. The number of nitrogens with two attached hydrogens (primary N) is 1. The van der Waals surface area contributed by atoms with E-state index in [0.717, 1.165) is 0 Å². The molecule has 0 amide bonds. The van der Waals surface area contributed by atoms with Crippen LogP contribution in [-0.4, -0.2) is 24.5 Å². The van der Waals surface area contributed by atoms with Gasteiger partial charge in [0, 0.05) is 11.4 Å². The summed E-state index contributed by atoms with van der Waals surface area (Å²) in [5.41, 5.74) is 6.72. The molecule has 1 rings (SSSR count). The van der Waals surface area contributed by atoms with Gasteiger partial charge in [-0.2, -0.15) is 0 Å². The highest BCUT2D eigenvalue weighted by atomic mass is 32.2. The molecule has 2 atom stereocenters. The predicted molar refractivity (Wildman–Crippen MR) is 69.4 cm³/mol. The molecule has 1 aromatic carbocycles. The maximum atomic E-state index is 11.8. The minimum Gasteiger partial charge on any atom is -0.399 e. The van der Waals surface area contributed by atoms with Crippen LogP contribution >= 0.6 is 0 Å². The quantitative estimate of drug-likeness (QED) is 0.784. The van der Waals surface area contributed by atoms with Crippen LogP contribution in [0.15, 0.2) is 24.3 Å². The minimum atomic E-state index is -3.25. The van der Waals surface area contributed by atoms with E-state index in [-0.39, 0.29) is 5.75 Å². The van der Waals surface area contributed by atoms with E-state index in [4.69, 9.17) is 5.73 Å². The van der Waals surface area contributed by atoms with Gasteiger partial charge in [-0.25, -0.2) is 8.42 Å². The normalized spacial score (nSPS) is 15.5. The molecular weight excluding hydrogens is 238 g/mol. The number of aliphatic hydroxyl groups excluding tert-OH is 1. The molecule has 0 aromatic heterocycles. The summed E-state index contributed by atoms with van der Waals surface area (Å²) in [5, 5.41) is 9.36. The van der Waals surface area contributed by atoms with E-state index in [0.29, 0.717) is 17.7 Å². The molecule has 5 heteroatoms. The third-order valence-corrected chi connectivity index (χ3v) is 5.21. The van der Waals surface area contributed by atoms with E-state index < -0.39 is 21.2 Å². The molecule has 0 aliphatic carbocycles. The van der Waals surface area contributed by atoms with Gasteiger partial charge in [-0.1, -0.05) is 26.0 Å². The highest BCUT2D eigenvalue weighted by molar-refractivity contribution is 7.92. The van der Waals surface area contributed by atoms with Crippen molar-refractivity contribution in [3.63, 3.8) is 0 Å². The van der Waals surface area contributed by atoms with Crippen molar-refractivity contribution in [1.82, 2.24) is 0 Å². The zero-order valence-electron chi connectivity index (χ0n) is 10.1. The summed E-state index contributed by atoms with van der Waals surface area (Å²) in [6.45, 7) is 3.35. The Morgan fingerprint density at radius 2 is 1.76 bits per heavy atom. The van der Waals surface area contributed by atoms with Crippen molar-refractivity contribution in [2.24, 2.45) is 0 Å². The number of hydrogen-bond donors (Lipinski definition) is 2. The first kappa shape index (κ1) is 14.0. The first-order valence-electron chi connectivity index (χ1n) is 5.67. The van der Waals surface area contributed by atoms with Gasteiger partial charge in [0.05, 0.1) is 11.4 Å². The zero-order valence-corrected chi connectivity index (χ0v) is 10.9. The van der Waals surface area contributed by atoms with Crippen LogP contribution in [0.4, 0.5) is 5.69 Å². The largest absolute Gasteiger partial charge is 0.399 e. The number of nitrogen functional groups attached to an aromatic ring is 1. The molecule has 0 aliphatic rings. The van der Waals surface area contributed by atoms with E-state index in [9.17, 15) is 13.5 Å². The zero-order chi connectivity index (χ0) is 13.1. The fourth-order valence-corrected chi connectivity index (χ4v) is 3.28. The van der Waals surface area contributed by atoms with Crippen molar-refractivity contribution in [3.8, 4) is 0 Å². The molecule has 0 saturated carbocycles. The third-order valence-electron chi connectivity index (χ3n) is 2.90.